The average Bonchev–Trinajstić information content (AvgIpc) is 2.97. The largest absolute Gasteiger partial charge is 0.480 e. The van der Waals surface area contributed by atoms with Crippen LogP contribution in [-0.2, 0) is 21.4 Å². The van der Waals surface area contributed by atoms with Crippen LogP contribution in [0.25, 0.3) is 11.0 Å². The Bertz CT molecular complexity index is 1170. The number of carbonyl (C=O) groups excluding carboxylic acids is 2. The molecule has 0 saturated carbocycles. The lowest BCUT2D eigenvalue weighted by molar-refractivity contribution is -0.139. The number of imide groups is 1. The van der Waals surface area contributed by atoms with Gasteiger partial charge in [0.15, 0.2) is 0 Å². The second-order valence-electron chi connectivity index (χ2n) is 9.38. The molecule has 1 atom stereocenters. The molecule has 3 fully saturated rings. The highest BCUT2D eigenvalue weighted by Gasteiger charge is 2.45. The van der Waals surface area contributed by atoms with Crippen LogP contribution < -0.4 is 15.9 Å². The Morgan fingerprint density at radius 2 is 1.88 bits per heavy atom. The second-order valence-corrected chi connectivity index (χ2v) is 9.38. The number of rotatable bonds is 4. The molecule has 0 aliphatic carbocycles. The van der Waals surface area contributed by atoms with Gasteiger partial charge >= 0.3 is 11.7 Å². The number of aliphatic carboxylic acids is 1. The number of carboxylic acids is 1. The smallest absolute Gasteiger partial charge is 0.329 e. The normalized spacial score (nSPS) is 23.4. The summed E-state index contributed by atoms with van der Waals surface area (Å²) in [7, 11) is 1.70. The molecule has 170 valence electrons. The molecular formula is C22H27N5O5. The van der Waals surface area contributed by atoms with Crippen LogP contribution >= 0.6 is 0 Å². The molecule has 4 heterocycles. The van der Waals surface area contributed by atoms with E-state index in [9.17, 15) is 19.2 Å². The zero-order valence-electron chi connectivity index (χ0n) is 18.0. The molecule has 3 aliphatic rings. The molecule has 0 bridgehead atoms. The quantitative estimate of drug-likeness (QED) is 0.656. The summed E-state index contributed by atoms with van der Waals surface area (Å²) >= 11 is 0. The van der Waals surface area contributed by atoms with E-state index in [1.54, 1.807) is 11.6 Å². The van der Waals surface area contributed by atoms with Crippen LogP contribution in [0.1, 0.15) is 31.7 Å². The molecule has 2 N–H and O–H groups in total. The van der Waals surface area contributed by atoms with Gasteiger partial charge in [-0.1, -0.05) is 0 Å². The zero-order chi connectivity index (χ0) is 22.6. The van der Waals surface area contributed by atoms with Gasteiger partial charge in [0.1, 0.15) is 6.04 Å². The maximum absolute atomic E-state index is 12.9. The topological polar surface area (TPSA) is 117 Å². The van der Waals surface area contributed by atoms with Gasteiger partial charge in [0, 0.05) is 37.7 Å². The van der Waals surface area contributed by atoms with Crippen LogP contribution in [0, 0.1) is 5.41 Å². The van der Waals surface area contributed by atoms with Gasteiger partial charge in [0.2, 0.25) is 11.8 Å². The Morgan fingerprint density at radius 1 is 1.16 bits per heavy atom. The van der Waals surface area contributed by atoms with Gasteiger partial charge in [-0.3, -0.25) is 33.7 Å². The number of benzene rings is 1. The lowest BCUT2D eigenvalue weighted by atomic mass is 9.71. The third-order valence-electron chi connectivity index (χ3n) is 7.29. The van der Waals surface area contributed by atoms with Gasteiger partial charge < -0.3 is 10.0 Å². The van der Waals surface area contributed by atoms with E-state index in [0.717, 1.165) is 50.2 Å². The number of aryl methyl sites for hydroxylation is 1. The van der Waals surface area contributed by atoms with Crippen molar-refractivity contribution < 1.29 is 19.5 Å². The summed E-state index contributed by atoms with van der Waals surface area (Å²) in [5.41, 5.74) is 2.45. The van der Waals surface area contributed by atoms with Crippen LogP contribution in [0.5, 0.6) is 0 Å². The van der Waals surface area contributed by atoms with Crippen molar-refractivity contribution in [2.75, 3.05) is 37.6 Å². The van der Waals surface area contributed by atoms with Gasteiger partial charge in [-0.05, 0) is 50.6 Å². The highest BCUT2D eigenvalue weighted by Crippen LogP contribution is 2.43. The number of nitrogens with one attached hydrogen (secondary N) is 1. The number of carboxylic acid groups (broad SMARTS) is 1. The van der Waals surface area contributed by atoms with Gasteiger partial charge in [0.05, 0.1) is 17.6 Å². The average molecular weight is 441 g/mol. The molecule has 3 saturated heterocycles. The molecule has 1 unspecified atom stereocenters. The van der Waals surface area contributed by atoms with E-state index in [0.29, 0.717) is 11.9 Å². The minimum Gasteiger partial charge on any atom is -0.480 e. The molecule has 2 aromatic rings. The molecule has 3 aliphatic heterocycles. The Labute approximate surface area is 184 Å². The summed E-state index contributed by atoms with van der Waals surface area (Å²) in [6.07, 6.45) is 2.52. The van der Waals surface area contributed by atoms with Gasteiger partial charge in [-0.25, -0.2) is 4.79 Å². The van der Waals surface area contributed by atoms with Crippen molar-refractivity contribution in [1.82, 2.24) is 19.4 Å². The number of imidazole rings is 1. The first kappa shape index (κ1) is 20.7. The van der Waals surface area contributed by atoms with E-state index in [1.165, 1.54) is 4.57 Å². The van der Waals surface area contributed by atoms with Crippen molar-refractivity contribution in [3.63, 3.8) is 0 Å². The number of hydrogen-bond donors (Lipinski definition) is 2. The van der Waals surface area contributed by atoms with E-state index in [2.05, 4.69) is 10.2 Å². The number of fused-ring (bicyclic) bond motifs is 1. The SMILES string of the molecule is Cn1c(=O)n(C2CCC(=O)NC2=O)c2ccc(N3CC4(CCN(CC(=O)O)CC4)C3)cc21. The third kappa shape index (κ3) is 3.38. The summed E-state index contributed by atoms with van der Waals surface area (Å²) in [6, 6.07) is 5.18. The molecule has 32 heavy (non-hydrogen) atoms. The number of piperidine rings is 2. The van der Waals surface area contributed by atoms with E-state index >= 15 is 0 Å². The molecule has 1 aromatic heterocycles. The monoisotopic (exact) mass is 441 g/mol. The number of anilines is 1. The van der Waals surface area contributed by atoms with Crippen molar-refractivity contribution in [1.29, 1.82) is 0 Å². The van der Waals surface area contributed by atoms with E-state index < -0.39 is 17.9 Å². The predicted molar refractivity (Wildman–Crippen MR) is 117 cm³/mol. The van der Waals surface area contributed by atoms with E-state index in [-0.39, 0.29) is 30.0 Å². The molecule has 2 amide bonds. The number of aromatic nitrogens is 2. The van der Waals surface area contributed by atoms with Gasteiger partial charge in [0.25, 0.3) is 0 Å². The fourth-order valence-electron chi connectivity index (χ4n) is 5.42. The standard InChI is InChI=1S/C22H27N5O5/c1-24-17-10-14(26-12-22(13-26)6-8-25(9-7-22)11-19(29)30)2-3-15(17)27(21(24)32)16-4-5-18(28)23-20(16)31/h2-3,10,16H,4-9,11-13H2,1H3,(H,29,30)(H,23,28,31). The fourth-order valence-corrected chi connectivity index (χ4v) is 5.42. The van der Waals surface area contributed by atoms with Crippen LogP contribution in [0.15, 0.2) is 23.0 Å². The Kier molecular flexibility index (Phi) is 4.85. The van der Waals surface area contributed by atoms with E-state index in [4.69, 9.17) is 5.11 Å². The summed E-state index contributed by atoms with van der Waals surface area (Å²) < 4.78 is 3.05. The lowest BCUT2D eigenvalue weighted by Gasteiger charge is -2.55. The molecule has 1 aromatic carbocycles. The second kappa shape index (κ2) is 7.47. The minimum absolute atomic E-state index is 0.106. The number of nitrogens with zero attached hydrogens (tertiary/aromatic N) is 4. The van der Waals surface area contributed by atoms with Crippen LogP contribution in [-0.4, -0.2) is 69.6 Å². The maximum atomic E-state index is 12.9. The van der Waals surface area contributed by atoms with Crippen LogP contribution in [0.2, 0.25) is 0 Å². The lowest BCUT2D eigenvalue weighted by Crippen LogP contribution is -2.60. The molecule has 10 heteroatoms. The van der Waals surface area contributed by atoms with Gasteiger partial charge in [-0.15, -0.1) is 0 Å². The van der Waals surface area contributed by atoms with Crippen molar-refractivity contribution in [3.8, 4) is 0 Å². The third-order valence-corrected chi connectivity index (χ3v) is 7.29. The zero-order valence-corrected chi connectivity index (χ0v) is 18.0. The summed E-state index contributed by atoms with van der Waals surface area (Å²) in [6.45, 7) is 3.56. The number of amides is 2. The molecule has 0 radical (unpaired) electrons. The highest BCUT2D eigenvalue weighted by atomic mass is 16.4. The van der Waals surface area contributed by atoms with Crippen molar-refractivity contribution in [2.24, 2.45) is 12.5 Å². The Morgan fingerprint density at radius 3 is 2.53 bits per heavy atom. The Hall–Kier alpha value is -3.14. The molecule has 10 nitrogen and oxygen atoms in total. The summed E-state index contributed by atoms with van der Waals surface area (Å²) in [5, 5.41) is 11.3. The first-order valence-electron chi connectivity index (χ1n) is 11.0. The Balaban J connectivity index is 1.34. The number of likely N-dealkylation sites (tertiary alicyclic amines) is 1. The van der Waals surface area contributed by atoms with Crippen molar-refractivity contribution in [2.45, 2.75) is 31.7 Å². The van der Waals surface area contributed by atoms with Crippen molar-refractivity contribution in [3.05, 3.63) is 28.7 Å². The molecule has 1 spiro atoms. The predicted octanol–water partition coefficient (Wildman–Crippen LogP) is 0.305. The molecule has 5 rings (SSSR count). The summed E-state index contributed by atoms with van der Waals surface area (Å²) in [5.74, 6) is -1.51. The van der Waals surface area contributed by atoms with Crippen LogP contribution in [0.3, 0.4) is 0 Å². The summed E-state index contributed by atoms with van der Waals surface area (Å²) in [4.78, 5) is 52.0. The number of hydrogen-bond acceptors (Lipinski definition) is 6. The molecular weight excluding hydrogens is 414 g/mol. The highest BCUT2D eigenvalue weighted by molar-refractivity contribution is 6.00. The fraction of sp³-hybridized carbons (Fsp3) is 0.545. The van der Waals surface area contributed by atoms with E-state index in [1.807, 2.05) is 23.1 Å². The van der Waals surface area contributed by atoms with Gasteiger partial charge in [-0.2, -0.15) is 0 Å². The van der Waals surface area contributed by atoms with Crippen molar-refractivity contribution >= 4 is 34.5 Å². The van der Waals surface area contributed by atoms with Crippen LogP contribution in [0.4, 0.5) is 5.69 Å². The maximum Gasteiger partial charge on any atom is 0.329 e. The first-order valence-corrected chi connectivity index (χ1v) is 11.0. The first-order chi connectivity index (χ1) is 15.3. The minimum atomic E-state index is -0.778. The number of carbonyl (C=O) groups is 3.